The number of hydrogen-bond acceptors (Lipinski definition) is 4. The van der Waals surface area contributed by atoms with Gasteiger partial charge in [0.05, 0.1) is 16.6 Å². The zero-order valence-corrected chi connectivity index (χ0v) is 16.0. The highest BCUT2D eigenvalue weighted by Gasteiger charge is 2.10. The van der Waals surface area contributed by atoms with Crippen molar-refractivity contribution in [3.8, 4) is 0 Å². The van der Waals surface area contributed by atoms with E-state index in [0.29, 0.717) is 33.7 Å². The molecule has 0 aliphatic carbocycles. The van der Waals surface area contributed by atoms with Gasteiger partial charge in [-0.05, 0) is 41.5 Å². The molecule has 2 aromatic carbocycles. The SMILES string of the molecule is O=C(NCc1ccc(Cl)c(Cl)c1)c1cc(Cl)cc(CNC2=NCCN2)c1. The van der Waals surface area contributed by atoms with Crippen LogP contribution in [0.25, 0.3) is 0 Å². The summed E-state index contributed by atoms with van der Waals surface area (Å²) < 4.78 is 0. The molecular weight excluding hydrogens is 395 g/mol. The van der Waals surface area contributed by atoms with E-state index in [1.807, 2.05) is 12.1 Å². The molecule has 136 valence electrons. The molecule has 0 radical (unpaired) electrons. The van der Waals surface area contributed by atoms with Gasteiger partial charge in [0, 0.05) is 30.2 Å². The highest BCUT2D eigenvalue weighted by molar-refractivity contribution is 6.42. The Morgan fingerprint density at radius 2 is 1.88 bits per heavy atom. The van der Waals surface area contributed by atoms with Gasteiger partial charge in [0.2, 0.25) is 0 Å². The first kappa shape index (κ1) is 18.8. The quantitative estimate of drug-likeness (QED) is 0.704. The van der Waals surface area contributed by atoms with Crippen molar-refractivity contribution in [3.05, 3.63) is 68.2 Å². The van der Waals surface area contributed by atoms with Crippen LogP contribution in [0.3, 0.4) is 0 Å². The van der Waals surface area contributed by atoms with Gasteiger partial charge in [-0.2, -0.15) is 0 Å². The second-order valence-corrected chi connectivity index (χ2v) is 7.04. The van der Waals surface area contributed by atoms with E-state index in [1.165, 1.54) is 0 Å². The molecule has 26 heavy (non-hydrogen) atoms. The Morgan fingerprint density at radius 3 is 2.62 bits per heavy atom. The van der Waals surface area contributed by atoms with Gasteiger partial charge in [-0.25, -0.2) is 0 Å². The molecule has 1 aliphatic rings. The van der Waals surface area contributed by atoms with Crippen molar-refractivity contribution in [1.82, 2.24) is 16.0 Å². The Labute approximate surface area is 166 Å². The lowest BCUT2D eigenvalue weighted by molar-refractivity contribution is 0.0951. The molecule has 2 aromatic rings. The first-order valence-corrected chi connectivity index (χ1v) is 9.18. The van der Waals surface area contributed by atoms with E-state index in [-0.39, 0.29) is 5.91 Å². The van der Waals surface area contributed by atoms with E-state index in [9.17, 15) is 4.79 Å². The summed E-state index contributed by atoms with van der Waals surface area (Å²) in [6.07, 6.45) is 0. The smallest absolute Gasteiger partial charge is 0.251 e. The van der Waals surface area contributed by atoms with Crippen LogP contribution in [0.2, 0.25) is 15.1 Å². The number of halogens is 3. The number of hydrogen-bond donors (Lipinski definition) is 3. The van der Waals surface area contributed by atoms with E-state index in [1.54, 1.807) is 24.3 Å². The Bertz CT molecular complexity index is 854. The van der Waals surface area contributed by atoms with Crippen molar-refractivity contribution in [2.45, 2.75) is 13.1 Å². The van der Waals surface area contributed by atoms with Crippen molar-refractivity contribution in [2.24, 2.45) is 4.99 Å². The third kappa shape index (κ3) is 5.04. The van der Waals surface area contributed by atoms with Crippen molar-refractivity contribution in [1.29, 1.82) is 0 Å². The fourth-order valence-electron chi connectivity index (χ4n) is 2.52. The zero-order valence-electron chi connectivity index (χ0n) is 13.8. The van der Waals surface area contributed by atoms with Gasteiger partial charge in [-0.15, -0.1) is 0 Å². The monoisotopic (exact) mass is 410 g/mol. The molecule has 0 bridgehead atoms. The fourth-order valence-corrected chi connectivity index (χ4v) is 3.10. The third-order valence-corrected chi connectivity index (χ3v) is 4.75. The first-order chi connectivity index (χ1) is 12.5. The number of guanidine groups is 1. The molecule has 0 atom stereocenters. The van der Waals surface area contributed by atoms with Gasteiger partial charge in [-0.3, -0.25) is 9.79 Å². The van der Waals surface area contributed by atoms with Crippen LogP contribution in [0.4, 0.5) is 0 Å². The average molecular weight is 412 g/mol. The number of benzene rings is 2. The van der Waals surface area contributed by atoms with Crippen molar-refractivity contribution in [3.63, 3.8) is 0 Å². The standard InChI is InChI=1S/C18H17Cl3N4O/c19-14-6-12(10-25-18-22-3-4-23-18)5-13(8-14)17(26)24-9-11-1-2-15(20)16(21)7-11/h1-2,5-8H,3-4,9-10H2,(H,24,26)(H2,22,23,25). The highest BCUT2D eigenvalue weighted by Crippen LogP contribution is 2.22. The highest BCUT2D eigenvalue weighted by atomic mass is 35.5. The maximum Gasteiger partial charge on any atom is 0.251 e. The normalized spacial score (nSPS) is 13.1. The van der Waals surface area contributed by atoms with Crippen LogP contribution in [0.5, 0.6) is 0 Å². The number of rotatable bonds is 5. The summed E-state index contributed by atoms with van der Waals surface area (Å²) in [5.74, 6) is 0.548. The Kier molecular flexibility index (Phi) is 6.25. The van der Waals surface area contributed by atoms with Gasteiger partial charge in [0.25, 0.3) is 5.91 Å². The van der Waals surface area contributed by atoms with Crippen LogP contribution in [0, 0.1) is 0 Å². The molecule has 1 aliphatic heterocycles. The van der Waals surface area contributed by atoms with Gasteiger partial charge in [0.15, 0.2) is 5.96 Å². The van der Waals surface area contributed by atoms with Crippen LogP contribution >= 0.6 is 34.8 Å². The lowest BCUT2D eigenvalue weighted by Gasteiger charge is -2.10. The number of aliphatic imine (C=N–C) groups is 1. The van der Waals surface area contributed by atoms with Crippen molar-refractivity contribution < 1.29 is 4.79 Å². The molecule has 3 rings (SSSR count). The van der Waals surface area contributed by atoms with Crippen LogP contribution in [-0.2, 0) is 13.1 Å². The third-order valence-electron chi connectivity index (χ3n) is 3.79. The maximum absolute atomic E-state index is 12.4. The second-order valence-electron chi connectivity index (χ2n) is 5.79. The average Bonchev–Trinajstić information content (AvgIpc) is 3.14. The summed E-state index contributed by atoms with van der Waals surface area (Å²) in [6, 6.07) is 10.5. The van der Waals surface area contributed by atoms with Gasteiger partial charge >= 0.3 is 0 Å². The predicted molar refractivity (Wildman–Crippen MR) is 106 cm³/mol. The van der Waals surface area contributed by atoms with E-state index in [2.05, 4.69) is 20.9 Å². The number of carbonyl (C=O) groups is 1. The van der Waals surface area contributed by atoms with Crippen LogP contribution in [0.1, 0.15) is 21.5 Å². The van der Waals surface area contributed by atoms with Crippen molar-refractivity contribution >= 4 is 46.7 Å². The largest absolute Gasteiger partial charge is 0.355 e. The Morgan fingerprint density at radius 1 is 1.04 bits per heavy atom. The topological polar surface area (TPSA) is 65.5 Å². The molecule has 1 amide bonds. The second kappa shape index (κ2) is 8.62. The molecule has 0 fully saturated rings. The Hall–Kier alpha value is -1.95. The molecular formula is C18H17Cl3N4O. The molecule has 0 unspecified atom stereocenters. The van der Waals surface area contributed by atoms with Crippen molar-refractivity contribution in [2.75, 3.05) is 13.1 Å². The summed E-state index contributed by atoms with van der Waals surface area (Å²) >= 11 is 18.0. The van der Waals surface area contributed by atoms with Crippen LogP contribution < -0.4 is 16.0 Å². The molecule has 8 heteroatoms. The van der Waals surface area contributed by atoms with Crippen LogP contribution in [-0.4, -0.2) is 25.0 Å². The molecule has 1 heterocycles. The predicted octanol–water partition coefficient (Wildman–Crippen LogP) is 3.63. The summed E-state index contributed by atoms with van der Waals surface area (Å²) in [5, 5.41) is 10.6. The molecule has 3 N–H and O–H groups in total. The van der Waals surface area contributed by atoms with E-state index in [0.717, 1.165) is 30.2 Å². The summed E-state index contributed by atoms with van der Waals surface area (Å²) in [4.78, 5) is 16.7. The lowest BCUT2D eigenvalue weighted by Crippen LogP contribution is -2.33. The van der Waals surface area contributed by atoms with Gasteiger partial charge in [0.1, 0.15) is 0 Å². The zero-order chi connectivity index (χ0) is 18.5. The maximum atomic E-state index is 12.4. The number of nitrogens with one attached hydrogen (secondary N) is 3. The molecule has 0 spiro atoms. The summed E-state index contributed by atoms with van der Waals surface area (Å²) in [5.41, 5.74) is 2.26. The van der Waals surface area contributed by atoms with E-state index in [4.69, 9.17) is 34.8 Å². The minimum absolute atomic E-state index is 0.212. The number of amides is 1. The van der Waals surface area contributed by atoms with Crippen LogP contribution in [0.15, 0.2) is 41.4 Å². The summed E-state index contributed by atoms with van der Waals surface area (Å²) in [7, 11) is 0. The number of nitrogens with zero attached hydrogens (tertiary/aromatic N) is 1. The lowest BCUT2D eigenvalue weighted by atomic mass is 10.1. The molecule has 0 saturated heterocycles. The Balaban J connectivity index is 1.63. The van der Waals surface area contributed by atoms with E-state index >= 15 is 0 Å². The van der Waals surface area contributed by atoms with E-state index < -0.39 is 0 Å². The number of carbonyl (C=O) groups excluding carboxylic acids is 1. The molecule has 0 saturated carbocycles. The van der Waals surface area contributed by atoms with Gasteiger partial charge in [-0.1, -0.05) is 40.9 Å². The molecule has 5 nitrogen and oxygen atoms in total. The molecule has 0 aromatic heterocycles. The minimum atomic E-state index is -0.212. The minimum Gasteiger partial charge on any atom is -0.355 e. The fraction of sp³-hybridized carbons (Fsp3) is 0.222. The van der Waals surface area contributed by atoms with Gasteiger partial charge < -0.3 is 16.0 Å². The first-order valence-electron chi connectivity index (χ1n) is 8.05. The summed E-state index contributed by atoms with van der Waals surface area (Å²) in [6.45, 7) is 2.47.